The van der Waals surface area contributed by atoms with E-state index < -0.39 is 0 Å². The van der Waals surface area contributed by atoms with Crippen LogP contribution in [0.2, 0.25) is 5.02 Å². The molecule has 20 heavy (non-hydrogen) atoms. The lowest BCUT2D eigenvalue weighted by Gasteiger charge is -2.16. The standard InChI is InChI=1S/C15H21ClN4/c1-3-20-15(18-11-19-20)9-13(10-17-2)8-12-4-6-14(16)7-5-12/h4-7,11,13,17H,3,8-10H2,1-2H3. The fourth-order valence-corrected chi connectivity index (χ4v) is 2.55. The van der Waals surface area contributed by atoms with Crippen molar-refractivity contribution in [3.8, 4) is 0 Å². The van der Waals surface area contributed by atoms with E-state index in [9.17, 15) is 0 Å². The molecule has 1 atom stereocenters. The molecule has 0 saturated heterocycles. The van der Waals surface area contributed by atoms with E-state index in [-0.39, 0.29) is 0 Å². The second kappa shape index (κ2) is 7.41. The van der Waals surface area contributed by atoms with Crippen LogP contribution in [0.1, 0.15) is 18.3 Å². The first kappa shape index (κ1) is 15.0. The number of nitrogens with zero attached hydrogens (tertiary/aromatic N) is 3. The maximum atomic E-state index is 5.93. The van der Waals surface area contributed by atoms with Crippen LogP contribution in [-0.4, -0.2) is 28.4 Å². The molecule has 0 spiro atoms. The molecule has 1 aromatic carbocycles. The Balaban J connectivity index is 2.05. The van der Waals surface area contributed by atoms with Crippen molar-refractivity contribution in [2.45, 2.75) is 26.3 Å². The first-order valence-corrected chi connectivity index (χ1v) is 7.36. The summed E-state index contributed by atoms with van der Waals surface area (Å²) in [4.78, 5) is 4.37. The molecule has 1 unspecified atom stereocenters. The van der Waals surface area contributed by atoms with E-state index in [1.807, 2.05) is 23.9 Å². The summed E-state index contributed by atoms with van der Waals surface area (Å²) in [6.45, 7) is 3.91. The highest BCUT2D eigenvalue weighted by Crippen LogP contribution is 2.16. The molecular formula is C15H21ClN4. The van der Waals surface area contributed by atoms with E-state index in [2.05, 4.69) is 34.5 Å². The molecule has 0 aliphatic rings. The molecule has 0 fully saturated rings. The average molecular weight is 293 g/mol. The van der Waals surface area contributed by atoms with Crippen LogP contribution >= 0.6 is 11.6 Å². The van der Waals surface area contributed by atoms with Gasteiger partial charge in [-0.3, -0.25) is 4.68 Å². The Kier molecular flexibility index (Phi) is 5.56. The highest BCUT2D eigenvalue weighted by molar-refractivity contribution is 6.30. The van der Waals surface area contributed by atoms with Gasteiger partial charge in [0.05, 0.1) is 0 Å². The summed E-state index contributed by atoms with van der Waals surface area (Å²) in [5, 5.41) is 8.28. The number of rotatable bonds is 7. The second-order valence-electron chi connectivity index (χ2n) is 4.95. The Morgan fingerprint density at radius 2 is 2.00 bits per heavy atom. The fraction of sp³-hybridized carbons (Fsp3) is 0.467. The summed E-state index contributed by atoms with van der Waals surface area (Å²) in [7, 11) is 1.99. The van der Waals surface area contributed by atoms with Crippen LogP contribution in [0.4, 0.5) is 0 Å². The molecule has 5 heteroatoms. The first-order chi connectivity index (χ1) is 9.72. The van der Waals surface area contributed by atoms with Gasteiger partial charge in [-0.2, -0.15) is 5.10 Å². The zero-order valence-corrected chi connectivity index (χ0v) is 12.8. The number of benzene rings is 1. The number of nitrogens with one attached hydrogen (secondary N) is 1. The van der Waals surface area contributed by atoms with Crippen molar-refractivity contribution < 1.29 is 0 Å². The van der Waals surface area contributed by atoms with E-state index in [0.29, 0.717) is 5.92 Å². The largest absolute Gasteiger partial charge is 0.319 e. The Morgan fingerprint density at radius 3 is 2.65 bits per heavy atom. The minimum absolute atomic E-state index is 0.496. The number of halogens is 1. The average Bonchev–Trinajstić information content (AvgIpc) is 2.89. The predicted molar refractivity (Wildman–Crippen MR) is 82.0 cm³/mol. The number of hydrogen-bond donors (Lipinski definition) is 1. The summed E-state index contributed by atoms with van der Waals surface area (Å²) < 4.78 is 1.96. The van der Waals surface area contributed by atoms with E-state index in [1.165, 1.54) is 5.56 Å². The molecular weight excluding hydrogens is 272 g/mol. The molecule has 0 bridgehead atoms. The van der Waals surface area contributed by atoms with Gasteiger partial charge < -0.3 is 5.32 Å². The number of aryl methyl sites for hydroxylation is 1. The predicted octanol–water partition coefficient (Wildman–Crippen LogP) is 2.57. The quantitative estimate of drug-likeness (QED) is 0.853. The van der Waals surface area contributed by atoms with Crippen molar-refractivity contribution in [1.29, 1.82) is 0 Å². The van der Waals surface area contributed by atoms with Crippen LogP contribution in [0.25, 0.3) is 0 Å². The molecule has 1 aromatic heterocycles. The Bertz CT molecular complexity index is 521. The van der Waals surface area contributed by atoms with Crippen molar-refractivity contribution in [2.24, 2.45) is 5.92 Å². The maximum Gasteiger partial charge on any atom is 0.138 e. The summed E-state index contributed by atoms with van der Waals surface area (Å²) in [6.07, 6.45) is 3.57. The summed E-state index contributed by atoms with van der Waals surface area (Å²) in [6, 6.07) is 8.08. The third kappa shape index (κ3) is 4.05. The molecule has 1 N–H and O–H groups in total. The third-order valence-electron chi connectivity index (χ3n) is 3.40. The molecule has 0 aliphatic heterocycles. The van der Waals surface area contributed by atoms with Gasteiger partial charge in [0.15, 0.2) is 0 Å². The van der Waals surface area contributed by atoms with Gasteiger partial charge in [-0.05, 0) is 50.6 Å². The highest BCUT2D eigenvalue weighted by atomic mass is 35.5. The summed E-state index contributed by atoms with van der Waals surface area (Å²) >= 11 is 5.93. The lowest BCUT2D eigenvalue weighted by atomic mass is 9.95. The van der Waals surface area contributed by atoms with Gasteiger partial charge >= 0.3 is 0 Å². The van der Waals surface area contributed by atoms with E-state index >= 15 is 0 Å². The monoisotopic (exact) mass is 292 g/mol. The molecule has 2 aromatic rings. The van der Waals surface area contributed by atoms with Crippen LogP contribution < -0.4 is 5.32 Å². The van der Waals surface area contributed by atoms with Gasteiger partial charge in [-0.25, -0.2) is 4.98 Å². The molecule has 0 amide bonds. The number of hydrogen-bond acceptors (Lipinski definition) is 3. The third-order valence-corrected chi connectivity index (χ3v) is 3.65. The van der Waals surface area contributed by atoms with Gasteiger partial charge in [0.2, 0.25) is 0 Å². The molecule has 2 rings (SSSR count). The maximum absolute atomic E-state index is 5.93. The van der Waals surface area contributed by atoms with Crippen molar-refractivity contribution in [1.82, 2.24) is 20.1 Å². The SMILES string of the molecule is CCn1ncnc1CC(CNC)Cc1ccc(Cl)cc1. The zero-order valence-electron chi connectivity index (χ0n) is 12.0. The lowest BCUT2D eigenvalue weighted by molar-refractivity contribution is 0.464. The Labute approximate surface area is 125 Å². The molecule has 4 nitrogen and oxygen atoms in total. The molecule has 1 heterocycles. The van der Waals surface area contributed by atoms with Crippen molar-refractivity contribution in [2.75, 3.05) is 13.6 Å². The Morgan fingerprint density at radius 1 is 1.25 bits per heavy atom. The van der Waals surface area contributed by atoms with E-state index in [0.717, 1.165) is 36.8 Å². The molecule has 0 saturated carbocycles. The normalized spacial score (nSPS) is 12.6. The minimum atomic E-state index is 0.496. The topological polar surface area (TPSA) is 42.7 Å². The van der Waals surface area contributed by atoms with Crippen molar-refractivity contribution in [3.63, 3.8) is 0 Å². The summed E-state index contributed by atoms with van der Waals surface area (Å²) in [5.74, 6) is 1.55. The summed E-state index contributed by atoms with van der Waals surface area (Å²) in [5.41, 5.74) is 1.30. The smallest absolute Gasteiger partial charge is 0.138 e. The highest BCUT2D eigenvalue weighted by Gasteiger charge is 2.14. The van der Waals surface area contributed by atoms with E-state index in [1.54, 1.807) is 6.33 Å². The van der Waals surface area contributed by atoms with Gasteiger partial charge in [-0.15, -0.1) is 0 Å². The van der Waals surface area contributed by atoms with Gasteiger partial charge in [0, 0.05) is 18.0 Å². The van der Waals surface area contributed by atoms with Crippen LogP contribution in [0.15, 0.2) is 30.6 Å². The van der Waals surface area contributed by atoms with Crippen LogP contribution in [-0.2, 0) is 19.4 Å². The van der Waals surface area contributed by atoms with Crippen LogP contribution in [0, 0.1) is 5.92 Å². The molecule has 0 aliphatic carbocycles. The second-order valence-corrected chi connectivity index (χ2v) is 5.39. The van der Waals surface area contributed by atoms with E-state index in [4.69, 9.17) is 11.6 Å². The zero-order chi connectivity index (χ0) is 14.4. The van der Waals surface area contributed by atoms with Crippen molar-refractivity contribution >= 4 is 11.6 Å². The van der Waals surface area contributed by atoms with Crippen molar-refractivity contribution in [3.05, 3.63) is 47.0 Å². The number of aromatic nitrogens is 3. The van der Waals surface area contributed by atoms with Gasteiger partial charge in [0.25, 0.3) is 0 Å². The fourth-order valence-electron chi connectivity index (χ4n) is 2.43. The first-order valence-electron chi connectivity index (χ1n) is 6.98. The molecule has 0 radical (unpaired) electrons. The molecule has 108 valence electrons. The van der Waals surface area contributed by atoms with Gasteiger partial charge in [0.1, 0.15) is 12.2 Å². The Hall–Kier alpha value is -1.39. The van der Waals surface area contributed by atoms with Crippen LogP contribution in [0.3, 0.4) is 0 Å². The minimum Gasteiger partial charge on any atom is -0.319 e. The lowest BCUT2D eigenvalue weighted by Crippen LogP contribution is -2.24. The van der Waals surface area contributed by atoms with Crippen LogP contribution in [0.5, 0.6) is 0 Å². The van der Waals surface area contributed by atoms with Gasteiger partial charge in [-0.1, -0.05) is 23.7 Å².